The van der Waals surface area contributed by atoms with Gasteiger partial charge in [0, 0.05) is 45.2 Å². The van der Waals surface area contributed by atoms with Crippen LogP contribution in [0.4, 0.5) is 0 Å². The molecule has 0 unspecified atom stereocenters. The van der Waals surface area contributed by atoms with E-state index in [-0.39, 0.29) is 35.5 Å². The molecule has 0 bridgehead atoms. The maximum absolute atomic E-state index is 12.1. The van der Waals surface area contributed by atoms with Crippen LogP contribution >= 0.6 is 24.0 Å². The lowest BCUT2D eigenvalue weighted by atomic mass is 10.0. The number of hydrogen-bond acceptors (Lipinski definition) is 4. The molecule has 33 heavy (non-hydrogen) atoms. The number of halogens is 1. The number of nitrogens with zero attached hydrogens (tertiary/aromatic N) is 2. The Balaban J connectivity index is 0.00000385. The summed E-state index contributed by atoms with van der Waals surface area (Å²) in [6.45, 7) is 5.99. The van der Waals surface area contributed by atoms with E-state index in [2.05, 4.69) is 35.5 Å². The Kier molecular flexibility index (Phi) is 9.82. The molecule has 0 atom stereocenters. The summed E-state index contributed by atoms with van der Waals surface area (Å²) >= 11 is 0. The van der Waals surface area contributed by atoms with Gasteiger partial charge in [-0.25, -0.2) is 0 Å². The molecule has 8 heteroatoms. The van der Waals surface area contributed by atoms with Crippen LogP contribution in [0.25, 0.3) is 0 Å². The second-order valence-corrected chi connectivity index (χ2v) is 8.71. The molecule has 0 saturated heterocycles. The highest BCUT2D eigenvalue weighted by Crippen LogP contribution is 2.41. The van der Waals surface area contributed by atoms with E-state index in [0.717, 1.165) is 29.9 Å². The monoisotopic (exact) mass is 566 g/mol. The number of nitrogens with one attached hydrogen (secondary N) is 2. The maximum Gasteiger partial charge on any atom is 0.253 e. The number of carbonyl (C=O) groups excluding carboxylic acids is 1. The van der Waals surface area contributed by atoms with Gasteiger partial charge in [-0.3, -0.25) is 9.79 Å². The van der Waals surface area contributed by atoms with Gasteiger partial charge in [-0.05, 0) is 44.0 Å². The fourth-order valence-corrected chi connectivity index (χ4v) is 3.70. The van der Waals surface area contributed by atoms with Gasteiger partial charge in [-0.15, -0.1) is 24.0 Å². The number of ether oxygens (including phenoxy) is 2. The summed E-state index contributed by atoms with van der Waals surface area (Å²) in [6, 6.07) is 13.8. The number of carbonyl (C=O) groups is 1. The molecule has 0 aromatic heterocycles. The van der Waals surface area contributed by atoms with Gasteiger partial charge >= 0.3 is 0 Å². The van der Waals surface area contributed by atoms with Crippen LogP contribution in [0.1, 0.15) is 35.3 Å². The second-order valence-electron chi connectivity index (χ2n) is 8.71. The van der Waals surface area contributed by atoms with Gasteiger partial charge in [0.05, 0.1) is 6.54 Å². The third kappa shape index (κ3) is 7.52. The van der Waals surface area contributed by atoms with E-state index in [1.807, 2.05) is 36.4 Å². The first-order chi connectivity index (χ1) is 15.3. The molecule has 1 amide bonds. The number of rotatable bonds is 8. The predicted molar refractivity (Wildman–Crippen MR) is 143 cm³/mol. The van der Waals surface area contributed by atoms with Crippen molar-refractivity contribution in [3.8, 4) is 11.5 Å². The van der Waals surface area contributed by atoms with E-state index >= 15 is 0 Å². The summed E-state index contributed by atoms with van der Waals surface area (Å²) in [5.41, 5.74) is 2.80. The van der Waals surface area contributed by atoms with Crippen molar-refractivity contribution >= 4 is 35.8 Å². The van der Waals surface area contributed by atoms with E-state index in [9.17, 15) is 4.79 Å². The summed E-state index contributed by atoms with van der Waals surface area (Å²) in [5, 5.41) is 6.57. The van der Waals surface area contributed by atoms with Gasteiger partial charge in [0.25, 0.3) is 5.91 Å². The number of aliphatic imine (C=N–C) groups is 1. The number of hydrogen-bond donors (Lipinski definition) is 2. The van der Waals surface area contributed by atoms with E-state index in [1.165, 1.54) is 5.56 Å². The minimum atomic E-state index is -0.189. The quantitative estimate of drug-likeness (QED) is 0.222. The van der Waals surface area contributed by atoms with Crippen molar-refractivity contribution in [2.45, 2.75) is 32.3 Å². The molecule has 7 nitrogen and oxygen atoms in total. The SMILES string of the molecule is CN=C(NCCOc1cccc2c1OC(C)(C)C2)NCCc1cccc(C(=O)N(C)C)c1.I. The van der Waals surface area contributed by atoms with Crippen LogP contribution < -0.4 is 20.1 Å². The first-order valence-electron chi connectivity index (χ1n) is 11.0. The first-order valence-corrected chi connectivity index (χ1v) is 11.0. The molecule has 0 spiro atoms. The Morgan fingerprint density at radius 1 is 1.15 bits per heavy atom. The lowest BCUT2D eigenvalue weighted by Crippen LogP contribution is -2.40. The molecule has 0 aliphatic carbocycles. The summed E-state index contributed by atoms with van der Waals surface area (Å²) < 4.78 is 12.0. The number of fused-ring (bicyclic) bond motifs is 1. The van der Waals surface area contributed by atoms with E-state index in [1.54, 1.807) is 26.0 Å². The molecule has 180 valence electrons. The summed E-state index contributed by atoms with van der Waals surface area (Å²) in [6.07, 6.45) is 1.68. The van der Waals surface area contributed by atoms with Crippen LogP contribution in [-0.4, -0.2) is 63.2 Å². The maximum atomic E-state index is 12.1. The van der Waals surface area contributed by atoms with Gasteiger partial charge < -0.3 is 25.0 Å². The van der Waals surface area contributed by atoms with E-state index in [0.29, 0.717) is 31.2 Å². The fraction of sp³-hybridized carbons (Fsp3) is 0.440. The topological polar surface area (TPSA) is 75.2 Å². The molecule has 2 aromatic carbocycles. The van der Waals surface area contributed by atoms with Crippen molar-refractivity contribution in [2.75, 3.05) is 40.8 Å². The van der Waals surface area contributed by atoms with Crippen molar-refractivity contribution in [3.63, 3.8) is 0 Å². The predicted octanol–water partition coefficient (Wildman–Crippen LogP) is 3.51. The highest BCUT2D eigenvalue weighted by molar-refractivity contribution is 14.0. The van der Waals surface area contributed by atoms with Crippen LogP contribution in [0.3, 0.4) is 0 Å². The molecule has 1 aliphatic rings. The lowest BCUT2D eigenvalue weighted by molar-refractivity contribution is 0.0827. The molecule has 3 rings (SSSR count). The van der Waals surface area contributed by atoms with Crippen molar-refractivity contribution in [2.24, 2.45) is 4.99 Å². The van der Waals surface area contributed by atoms with Crippen LogP contribution in [0.5, 0.6) is 11.5 Å². The van der Waals surface area contributed by atoms with Crippen molar-refractivity contribution in [1.29, 1.82) is 0 Å². The van der Waals surface area contributed by atoms with Crippen LogP contribution in [0.2, 0.25) is 0 Å². The smallest absolute Gasteiger partial charge is 0.253 e. The normalized spacial score (nSPS) is 13.9. The zero-order valence-electron chi connectivity index (χ0n) is 20.1. The standard InChI is InChI=1S/C25H34N4O3.HI/c1-25(2)17-20-10-7-11-21(22(20)32-25)31-15-14-28-24(26-3)27-13-12-18-8-6-9-19(16-18)23(30)29(4)5;/h6-11,16H,12-15,17H2,1-5H3,(H2,26,27,28);1H. The molecule has 2 N–H and O–H groups in total. The highest BCUT2D eigenvalue weighted by atomic mass is 127. The zero-order chi connectivity index (χ0) is 23.1. The Morgan fingerprint density at radius 2 is 1.88 bits per heavy atom. The van der Waals surface area contributed by atoms with E-state index in [4.69, 9.17) is 9.47 Å². The van der Waals surface area contributed by atoms with Crippen molar-refractivity contribution in [3.05, 3.63) is 59.2 Å². The molecule has 0 saturated carbocycles. The molecule has 0 fully saturated rings. The molecular weight excluding hydrogens is 531 g/mol. The Labute approximate surface area is 214 Å². The number of guanidine groups is 1. The molecular formula is C25H35IN4O3. The van der Waals surface area contributed by atoms with Crippen LogP contribution in [-0.2, 0) is 12.8 Å². The average molecular weight is 566 g/mol. The van der Waals surface area contributed by atoms with Gasteiger partial charge in [0.1, 0.15) is 12.2 Å². The Hall–Kier alpha value is -2.49. The number of para-hydroxylation sites is 1. The fourth-order valence-electron chi connectivity index (χ4n) is 3.70. The van der Waals surface area contributed by atoms with Gasteiger partial charge in [-0.2, -0.15) is 0 Å². The van der Waals surface area contributed by atoms with E-state index < -0.39 is 0 Å². The minimum Gasteiger partial charge on any atom is -0.488 e. The molecule has 2 aromatic rings. The molecule has 1 heterocycles. The third-order valence-corrected chi connectivity index (χ3v) is 5.22. The minimum absolute atomic E-state index is 0. The Bertz CT molecular complexity index is 976. The second kappa shape index (κ2) is 12.1. The van der Waals surface area contributed by atoms with Crippen molar-refractivity contribution < 1.29 is 14.3 Å². The largest absolute Gasteiger partial charge is 0.488 e. The summed E-state index contributed by atoms with van der Waals surface area (Å²) in [4.78, 5) is 18.0. The lowest BCUT2D eigenvalue weighted by Gasteiger charge is -2.18. The summed E-state index contributed by atoms with van der Waals surface area (Å²) in [7, 11) is 5.26. The average Bonchev–Trinajstić information content (AvgIpc) is 3.09. The number of amides is 1. The molecule has 0 radical (unpaired) electrons. The van der Waals surface area contributed by atoms with Gasteiger partial charge in [-0.1, -0.05) is 24.3 Å². The van der Waals surface area contributed by atoms with Gasteiger partial charge in [0.2, 0.25) is 0 Å². The summed E-state index contributed by atoms with van der Waals surface area (Å²) in [5.74, 6) is 2.36. The van der Waals surface area contributed by atoms with Crippen LogP contribution in [0, 0.1) is 0 Å². The third-order valence-electron chi connectivity index (χ3n) is 5.22. The van der Waals surface area contributed by atoms with Gasteiger partial charge in [0.15, 0.2) is 17.5 Å². The van der Waals surface area contributed by atoms with Crippen molar-refractivity contribution in [1.82, 2.24) is 15.5 Å². The zero-order valence-corrected chi connectivity index (χ0v) is 22.4. The number of benzene rings is 2. The molecule has 1 aliphatic heterocycles. The van der Waals surface area contributed by atoms with Crippen LogP contribution in [0.15, 0.2) is 47.5 Å². The highest BCUT2D eigenvalue weighted by Gasteiger charge is 2.32. The Morgan fingerprint density at radius 3 is 2.61 bits per heavy atom. The first kappa shape index (κ1) is 26.8.